The molecule has 0 spiro atoms. The van der Waals surface area contributed by atoms with Gasteiger partial charge in [-0.15, -0.1) is 0 Å². The van der Waals surface area contributed by atoms with Gasteiger partial charge in [-0.05, 0) is 54.0 Å². The van der Waals surface area contributed by atoms with Gasteiger partial charge < -0.3 is 4.90 Å². The van der Waals surface area contributed by atoms with Crippen LogP contribution in [0.3, 0.4) is 0 Å². The number of rotatable bonds is 8. The maximum absolute atomic E-state index is 4.53. The van der Waals surface area contributed by atoms with E-state index in [1.54, 1.807) is 0 Å². The highest BCUT2D eigenvalue weighted by Crippen LogP contribution is 2.34. The Morgan fingerprint density at radius 3 is 2.22 bits per heavy atom. The predicted octanol–water partition coefficient (Wildman–Crippen LogP) is 7.60. The lowest BCUT2D eigenvalue weighted by Gasteiger charge is -2.34. The fraction of sp³-hybridized carbons (Fsp3) is 0.385. The van der Waals surface area contributed by atoms with Crippen molar-refractivity contribution in [3.8, 4) is 0 Å². The molecule has 142 valence electrons. The number of para-hydroxylation sites is 1. The maximum Gasteiger partial charge on any atom is 0.0478 e. The highest BCUT2D eigenvalue weighted by atomic mass is 15.1. The van der Waals surface area contributed by atoms with Crippen LogP contribution in [0.5, 0.6) is 0 Å². The molecular weight excluding hydrogens is 326 g/mol. The zero-order valence-corrected chi connectivity index (χ0v) is 16.8. The van der Waals surface area contributed by atoms with E-state index in [0.29, 0.717) is 5.92 Å². The topological polar surface area (TPSA) is 3.24 Å². The van der Waals surface area contributed by atoms with Gasteiger partial charge in [-0.3, -0.25) is 0 Å². The molecule has 1 aliphatic rings. The molecule has 0 aliphatic heterocycles. The lowest BCUT2D eigenvalue weighted by atomic mass is 9.86. The van der Waals surface area contributed by atoms with E-state index in [1.165, 1.54) is 60.2 Å². The van der Waals surface area contributed by atoms with E-state index < -0.39 is 0 Å². The molecular formula is C26H33N. The molecule has 0 aromatic heterocycles. The summed E-state index contributed by atoms with van der Waals surface area (Å²) in [7, 11) is 0. The molecule has 0 atom stereocenters. The van der Waals surface area contributed by atoms with Crippen molar-refractivity contribution in [2.45, 2.75) is 58.4 Å². The van der Waals surface area contributed by atoms with Crippen LogP contribution in [0.2, 0.25) is 0 Å². The summed E-state index contributed by atoms with van der Waals surface area (Å²) in [5.74, 6) is 0.613. The zero-order valence-electron chi connectivity index (χ0n) is 16.8. The van der Waals surface area contributed by atoms with Crippen LogP contribution < -0.4 is 4.90 Å². The van der Waals surface area contributed by atoms with Crippen LogP contribution in [0.1, 0.15) is 63.0 Å². The molecule has 0 N–H and O–H groups in total. The van der Waals surface area contributed by atoms with E-state index in [2.05, 4.69) is 79.6 Å². The van der Waals surface area contributed by atoms with Gasteiger partial charge in [0.15, 0.2) is 0 Å². The summed E-state index contributed by atoms with van der Waals surface area (Å²) in [4.78, 5) is 2.42. The van der Waals surface area contributed by atoms with E-state index in [4.69, 9.17) is 0 Å². The minimum absolute atomic E-state index is 0.613. The zero-order chi connectivity index (χ0) is 19.1. The number of nitrogens with zero attached hydrogens (tertiary/aromatic N) is 1. The quantitative estimate of drug-likeness (QED) is 0.469. The third-order valence-corrected chi connectivity index (χ3v) is 5.75. The van der Waals surface area contributed by atoms with Crippen molar-refractivity contribution in [1.29, 1.82) is 0 Å². The normalized spacial score (nSPS) is 14.7. The van der Waals surface area contributed by atoms with Gasteiger partial charge in [-0.2, -0.15) is 0 Å². The molecule has 3 rings (SSSR count). The number of hydrogen-bond acceptors (Lipinski definition) is 1. The van der Waals surface area contributed by atoms with Crippen molar-refractivity contribution >= 4 is 11.3 Å². The van der Waals surface area contributed by atoms with Crippen LogP contribution in [0.4, 0.5) is 5.69 Å². The van der Waals surface area contributed by atoms with Crippen molar-refractivity contribution in [2.75, 3.05) is 4.90 Å². The fourth-order valence-corrected chi connectivity index (χ4v) is 4.10. The minimum atomic E-state index is 0.613. The van der Waals surface area contributed by atoms with Crippen molar-refractivity contribution < 1.29 is 0 Å². The molecule has 0 bridgehead atoms. The van der Waals surface area contributed by atoms with Crippen molar-refractivity contribution in [3.05, 3.63) is 84.6 Å². The second-order valence-electron chi connectivity index (χ2n) is 7.80. The highest BCUT2D eigenvalue weighted by molar-refractivity contribution is 5.63. The average molecular weight is 360 g/mol. The number of allylic oxidation sites excluding steroid dienone is 2. The largest absolute Gasteiger partial charge is 0.341 e. The van der Waals surface area contributed by atoms with E-state index in [0.717, 1.165) is 19.4 Å². The number of anilines is 1. The number of hydrogen-bond donors (Lipinski definition) is 0. The Kier molecular flexibility index (Phi) is 6.92. The monoisotopic (exact) mass is 359 g/mol. The van der Waals surface area contributed by atoms with Gasteiger partial charge in [0, 0.05) is 17.9 Å². The van der Waals surface area contributed by atoms with Crippen LogP contribution in [-0.2, 0) is 6.54 Å². The van der Waals surface area contributed by atoms with Gasteiger partial charge in [0.2, 0.25) is 0 Å². The van der Waals surface area contributed by atoms with Crippen molar-refractivity contribution in [3.63, 3.8) is 0 Å². The lowest BCUT2D eigenvalue weighted by molar-refractivity contribution is 0.396. The molecule has 1 aliphatic carbocycles. The van der Waals surface area contributed by atoms with Crippen LogP contribution in [0, 0.1) is 5.92 Å². The van der Waals surface area contributed by atoms with Gasteiger partial charge in [-0.25, -0.2) is 0 Å². The first-order chi connectivity index (χ1) is 13.2. The second kappa shape index (κ2) is 9.60. The van der Waals surface area contributed by atoms with E-state index in [1.807, 2.05) is 0 Å². The van der Waals surface area contributed by atoms with Gasteiger partial charge in [0.05, 0.1) is 0 Å². The first kappa shape index (κ1) is 19.5. The smallest absolute Gasteiger partial charge is 0.0478 e. The van der Waals surface area contributed by atoms with Gasteiger partial charge in [0.1, 0.15) is 0 Å². The van der Waals surface area contributed by atoms with Crippen LogP contribution in [0.15, 0.2) is 73.5 Å². The summed E-state index contributed by atoms with van der Waals surface area (Å²) in [6, 6.07) is 19.7. The summed E-state index contributed by atoms with van der Waals surface area (Å²) in [5, 5.41) is 0. The molecule has 27 heavy (non-hydrogen) atoms. The molecule has 0 amide bonds. The summed E-state index contributed by atoms with van der Waals surface area (Å²) in [5.41, 5.74) is 6.34. The van der Waals surface area contributed by atoms with E-state index in [9.17, 15) is 0 Å². The third-order valence-electron chi connectivity index (χ3n) is 5.75. The minimum Gasteiger partial charge on any atom is -0.341 e. The van der Waals surface area contributed by atoms with Gasteiger partial charge in [0.25, 0.3) is 0 Å². The fourth-order valence-electron chi connectivity index (χ4n) is 4.10. The molecule has 1 nitrogen and oxygen atoms in total. The van der Waals surface area contributed by atoms with Crippen molar-refractivity contribution in [2.24, 2.45) is 5.92 Å². The van der Waals surface area contributed by atoms with Crippen LogP contribution in [-0.4, -0.2) is 0 Å². The molecule has 0 heterocycles. The molecule has 2 aromatic carbocycles. The molecule has 1 fully saturated rings. The third kappa shape index (κ3) is 5.13. The molecule has 0 radical (unpaired) electrons. The summed E-state index contributed by atoms with van der Waals surface area (Å²) < 4.78 is 0. The average Bonchev–Trinajstić information content (AvgIpc) is 2.73. The standard InChI is InChI=1S/C26H33N/c1-4-11-21(2)24-18-16-23(17-19-24)20-27(26-14-9-6-10-15-26)22(3)25-12-7-5-8-13-25/h6,9-10,14-19,25H,2-5,7-8,11-13,20H2,1H3. The first-order valence-corrected chi connectivity index (χ1v) is 10.5. The number of benzene rings is 2. The lowest BCUT2D eigenvalue weighted by Crippen LogP contribution is -2.27. The van der Waals surface area contributed by atoms with Crippen LogP contribution in [0.25, 0.3) is 5.57 Å². The SMILES string of the molecule is C=C(CCC)c1ccc(CN(C(=C)C2CCCCC2)c2ccccc2)cc1. The predicted molar refractivity (Wildman–Crippen MR) is 119 cm³/mol. The van der Waals surface area contributed by atoms with Gasteiger partial charge in [-0.1, -0.05) is 88.2 Å². The summed E-state index contributed by atoms with van der Waals surface area (Å²) in [6.07, 6.45) is 8.80. The molecule has 0 saturated heterocycles. The summed E-state index contributed by atoms with van der Waals surface area (Å²) >= 11 is 0. The Hall–Kier alpha value is -2.28. The Labute approximate surface area is 165 Å². The Bertz CT molecular complexity index is 736. The molecule has 0 unspecified atom stereocenters. The van der Waals surface area contributed by atoms with Crippen LogP contribution >= 0.6 is 0 Å². The van der Waals surface area contributed by atoms with E-state index >= 15 is 0 Å². The molecule has 1 saturated carbocycles. The summed E-state index contributed by atoms with van der Waals surface area (Å²) in [6.45, 7) is 11.8. The second-order valence-corrected chi connectivity index (χ2v) is 7.80. The molecule has 1 heteroatoms. The maximum atomic E-state index is 4.53. The first-order valence-electron chi connectivity index (χ1n) is 10.5. The van der Waals surface area contributed by atoms with Gasteiger partial charge >= 0.3 is 0 Å². The Balaban J connectivity index is 1.79. The Morgan fingerprint density at radius 2 is 1.59 bits per heavy atom. The van der Waals surface area contributed by atoms with E-state index in [-0.39, 0.29) is 0 Å². The Morgan fingerprint density at radius 1 is 0.926 bits per heavy atom. The van der Waals surface area contributed by atoms with Crippen molar-refractivity contribution in [1.82, 2.24) is 0 Å². The highest BCUT2D eigenvalue weighted by Gasteiger charge is 2.22. The molecule has 2 aromatic rings.